The van der Waals surface area contributed by atoms with Gasteiger partial charge in [0.1, 0.15) is 0 Å². The monoisotopic (exact) mass is 334 g/mol. The van der Waals surface area contributed by atoms with Gasteiger partial charge in [-0.05, 0) is 5.41 Å². The Morgan fingerprint density at radius 1 is 1.08 bits per heavy atom. The second-order valence-electron chi connectivity index (χ2n) is 5.47. The fourth-order valence-corrected chi connectivity index (χ4v) is 3.52. The van der Waals surface area contributed by atoms with Crippen molar-refractivity contribution >= 4 is 22.7 Å². The molecule has 0 aliphatic carbocycles. The predicted octanol–water partition coefficient (Wildman–Crippen LogP) is 3.49. The van der Waals surface area contributed by atoms with Crippen LogP contribution in [0.25, 0.3) is 0 Å². The Morgan fingerprint density at radius 3 is 2.46 bits per heavy atom. The van der Waals surface area contributed by atoms with Crippen LogP contribution in [0.5, 0.6) is 0 Å². The zero-order valence-electron chi connectivity index (χ0n) is 12.7. The van der Waals surface area contributed by atoms with Crippen molar-refractivity contribution in [1.82, 2.24) is 4.90 Å². The van der Waals surface area contributed by atoms with Gasteiger partial charge in [0.05, 0.1) is 5.70 Å². The van der Waals surface area contributed by atoms with Crippen LogP contribution in [-0.2, 0) is 5.72 Å². The molecule has 0 saturated heterocycles. The molecule has 1 N–H and O–H groups in total. The molecule has 24 heavy (non-hydrogen) atoms. The summed E-state index contributed by atoms with van der Waals surface area (Å²) in [5, 5.41) is 13.8. The van der Waals surface area contributed by atoms with Crippen molar-refractivity contribution in [2.75, 3.05) is 0 Å². The zero-order valence-corrected chi connectivity index (χ0v) is 13.5. The highest BCUT2D eigenvalue weighted by atomic mass is 32.2. The molecule has 0 amide bonds. The van der Waals surface area contributed by atoms with Crippen molar-refractivity contribution in [3.8, 4) is 0 Å². The van der Waals surface area contributed by atoms with E-state index in [1.54, 1.807) is 29.2 Å². The maximum absolute atomic E-state index is 12.6. The van der Waals surface area contributed by atoms with Gasteiger partial charge in [0, 0.05) is 23.4 Å². The molecule has 2 aromatic rings. The van der Waals surface area contributed by atoms with Gasteiger partial charge in [0.2, 0.25) is 5.72 Å². The van der Waals surface area contributed by atoms with Crippen LogP contribution in [0.15, 0.2) is 89.0 Å². The first-order chi connectivity index (χ1) is 11.7. The number of carbonyl (C=O) groups is 1. The number of allylic oxidation sites excluding steroid dienone is 1. The molecule has 0 spiro atoms. The van der Waals surface area contributed by atoms with Crippen LogP contribution < -0.4 is 0 Å². The number of carbonyl (C=O) groups excluding carboxylic acids is 1. The smallest absolute Gasteiger partial charge is 0.227 e. The van der Waals surface area contributed by atoms with Crippen LogP contribution in [0, 0.1) is 0 Å². The lowest BCUT2D eigenvalue weighted by atomic mass is 9.98. The van der Waals surface area contributed by atoms with E-state index >= 15 is 0 Å². The topological polar surface area (TPSA) is 52.9 Å². The molecule has 0 bridgehead atoms. The highest BCUT2D eigenvalue weighted by Gasteiger charge is 2.45. The molecule has 4 rings (SSSR count). The number of fused-ring (bicyclic) bond motifs is 1. The lowest BCUT2D eigenvalue weighted by molar-refractivity contribution is 0.0801. The molecule has 0 radical (unpaired) electrons. The van der Waals surface area contributed by atoms with Crippen LogP contribution in [-0.4, -0.2) is 21.0 Å². The molecule has 0 fully saturated rings. The number of rotatable bonds is 3. The van der Waals surface area contributed by atoms with E-state index in [1.165, 1.54) is 17.8 Å². The first-order valence-corrected chi connectivity index (χ1v) is 8.38. The molecular weight excluding hydrogens is 320 g/mol. The quantitative estimate of drug-likeness (QED) is 0.690. The van der Waals surface area contributed by atoms with E-state index in [4.69, 9.17) is 0 Å². The van der Waals surface area contributed by atoms with Gasteiger partial charge < -0.3 is 5.11 Å². The highest BCUT2D eigenvalue weighted by Crippen LogP contribution is 2.44. The van der Waals surface area contributed by atoms with Gasteiger partial charge in [-0.25, -0.2) is 4.99 Å². The summed E-state index contributed by atoms with van der Waals surface area (Å²) in [6.45, 7) is 0. The summed E-state index contributed by atoms with van der Waals surface area (Å²) < 4.78 is 0. The molecule has 0 aromatic heterocycles. The van der Waals surface area contributed by atoms with Crippen molar-refractivity contribution in [1.29, 1.82) is 0 Å². The average molecular weight is 334 g/mol. The molecular formula is C19H14N2O2S. The van der Waals surface area contributed by atoms with Crippen LogP contribution in [0.4, 0.5) is 0 Å². The summed E-state index contributed by atoms with van der Waals surface area (Å²) >= 11 is 1.42. The second kappa shape index (κ2) is 5.78. The lowest BCUT2D eigenvalue weighted by Crippen LogP contribution is -2.28. The molecule has 2 aromatic carbocycles. The second-order valence-corrected chi connectivity index (χ2v) is 6.34. The van der Waals surface area contributed by atoms with E-state index in [2.05, 4.69) is 4.99 Å². The summed E-state index contributed by atoms with van der Waals surface area (Å²) in [6, 6.07) is 18.2. The van der Waals surface area contributed by atoms with Gasteiger partial charge in [-0.2, -0.15) is 0 Å². The standard InChI is InChI=1S/C19H14N2O2S/c22-16(14-7-3-1-4-8-14)13-17-19(23,15-9-5-2-6-10-15)20-18-21(17)11-12-24-18/h1-13,23H/b17-13-. The van der Waals surface area contributed by atoms with Crippen molar-refractivity contribution in [3.05, 3.63) is 95.2 Å². The van der Waals surface area contributed by atoms with E-state index in [0.29, 0.717) is 22.0 Å². The fourth-order valence-electron chi connectivity index (χ4n) is 2.76. The number of benzene rings is 2. The fraction of sp³-hybridized carbons (Fsp3) is 0.0526. The summed E-state index contributed by atoms with van der Waals surface area (Å²) in [7, 11) is 0. The van der Waals surface area contributed by atoms with Crippen molar-refractivity contribution in [2.45, 2.75) is 5.72 Å². The van der Waals surface area contributed by atoms with Crippen LogP contribution in [0.1, 0.15) is 15.9 Å². The summed E-state index contributed by atoms with van der Waals surface area (Å²) in [4.78, 5) is 18.8. The predicted molar refractivity (Wildman–Crippen MR) is 95.2 cm³/mol. The van der Waals surface area contributed by atoms with Crippen LogP contribution in [0.3, 0.4) is 0 Å². The number of ketones is 1. The molecule has 4 nitrogen and oxygen atoms in total. The highest BCUT2D eigenvalue weighted by molar-refractivity contribution is 8.16. The maximum atomic E-state index is 12.6. The first-order valence-electron chi connectivity index (χ1n) is 7.50. The van der Waals surface area contributed by atoms with Crippen LogP contribution in [0.2, 0.25) is 0 Å². The van der Waals surface area contributed by atoms with Crippen LogP contribution >= 0.6 is 11.8 Å². The van der Waals surface area contributed by atoms with Gasteiger partial charge in [-0.3, -0.25) is 9.69 Å². The largest absolute Gasteiger partial charge is 0.361 e. The Kier molecular flexibility index (Phi) is 3.59. The number of hydrogen-bond acceptors (Lipinski definition) is 5. The normalized spacial score (nSPS) is 23.5. The number of thioether (sulfide) groups is 1. The number of nitrogens with zero attached hydrogens (tertiary/aromatic N) is 2. The molecule has 2 aliphatic heterocycles. The van der Waals surface area contributed by atoms with E-state index in [1.807, 2.05) is 48.0 Å². The number of amidine groups is 1. The molecule has 2 heterocycles. The maximum Gasteiger partial charge on any atom is 0.227 e. The molecule has 118 valence electrons. The van der Waals surface area contributed by atoms with Gasteiger partial charge in [0.25, 0.3) is 0 Å². The molecule has 2 aliphatic rings. The minimum Gasteiger partial charge on any atom is -0.361 e. The van der Waals surface area contributed by atoms with E-state index < -0.39 is 5.72 Å². The third-order valence-electron chi connectivity index (χ3n) is 3.97. The van der Waals surface area contributed by atoms with E-state index in [0.717, 1.165) is 0 Å². The van der Waals surface area contributed by atoms with Gasteiger partial charge >= 0.3 is 0 Å². The Hall–Kier alpha value is -2.63. The molecule has 1 unspecified atom stereocenters. The Morgan fingerprint density at radius 2 is 1.75 bits per heavy atom. The van der Waals surface area contributed by atoms with Crippen molar-refractivity contribution in [2.24, 2.45) is 4.99 Å². The van der Waals surface area contributed by atoms with Gasteiger partial charge in [-0.15, -0.1) is 0 Å². The summed E-state index contributed by atoms with van der Waals surface area (Å²) in [5.74, 6) is -0.165. The number of aliphatic hydroxyl groups is 1. The lowest BCUT2D eigenvalue weighted by Gasteiger charge is -2.24. The molecule has 5 heteroatoms. The van der Waals surface area contributed by atoms with E-state index in [-0.39, 0.29) is 5.78 Å². The van der Waals surface area contributed by atoms with E-state index in [9.17, 15) is 9.90 Å². The summed E-state index contributed by atoms with van der Waals surface area (Å²) in [5.41, 5.74) is 0.0928. The SMILES string of the molecule is O=C(/C=C1\N2C=CSC2=NC1(O)c1ccccc1)c1ccccc1. The third kappa shape index (κ3) is 2.38. The Bertz CT molecular complexity index is 875. The number of aliphatic imine (C=N–C) groups is 1. The Labute approximate surface area is 143 Å². The number of hydrogen-bond donors (Lipinski definition) is 1. The third-order valence-corrected chi connectivity index (χ3v) is 4.72. The summed E-state index contributed by atoms with van der Waals surface area (Å²) in [6.07, 6.45) is 3.28. The molecule has 0 saturated carbocycles. The zero-order chi connectivity index (χ0) is 16.6. The van der Waals surface area contributed by atoms with Crippen molar-refractivity contribution < 1.29 is 9.90 Å². The minimum absolute atomic E-state index is 0.165. The van der Waals surface area contributed by atoms with Crippen molar-refractivity contribution in [3.63, 3.8) is 0 Å². The molecule has 1 atom stereocenters. The van der Waals surface area contributed by atoms with Gasteiger partial charge in [0.15, 0.2) is 11.0 Å². The first kappa shape index (κ1) is 14.9. The van der Waals surface area contributed by atoms with Gasteiger partial charge in [-0.1, -0.05) is 72.4 Å². The average Bonchev–Trinajstić information content (AvgIpc) is 3.17. The Balaban J connectivity index is 1.80. The minimum atomic E-state index is -1.56.